The third-order valence-electron chi connectivity index (χ3n) is 3.07. The number of carbonyl (C=O) groups is 2. The first kappa shape index (κ1) is 12.3. The van der Waals surface area contributed by atoms with E-state index >= 15 is 0 Å². The maximum Gasteiger partial charge on any atom is 0.286 e. The minimum Gasteiger partial charge on any atom is -0.328 e. The molecule has 0 radical (unpaired) electrons. The van der Waals surface area contributed by atoms with Crippen molar-refractivity contribution in [3.8, 4) is 0 Å². The molecule has 1 aliphatic heterocycles. The van der Waals surface area contributed by atoms with E-state index in [9.17, 15) is 9.59 Å². The fraction of sp³-hybridized carbons (Fsp3) is 0.500. The normalized spacial score (nSPS) is 16.8. The molecule has 0 aliphatic carbocycles. The van der Waals surface area contributed by atoms with Gasteiger partial charge in [-0.1, -0.05) is 0 Å². The Morgan fingerprint density at radius 2 is 2.18 bits per heavy atom. The van der Waals surface area contributed by atoms with Crippen LogP contribution in [0, 0.1) is 0 Å². The predicted molar refractivity (Wildman–Crippen MR) is 70.9 cm³/mol. The number of nitrogens with one attached hydrogen (secondary N) is 2. The van der Waals surface area contributed by atoms with Crippen LogP contribution in [-0.4, -0.2) is 24.9 Å². The van der Waals surface area contributed by atoms with Crippen LogP contribution < -0.4 is 5.32 Å². The van der Waals surface area contributed by atoms with E-state index in [1.54, 1.807) is 27.5 Å². The monoisotopic (exact) mass is 348 g/mol. The van der Waals surface area contributed by atoms with E-state index in [0.29, 0.717) is 12.4 Å². The van der Waals surface area contributed by atoms with Crippen LogP contribution in [0.25, 0.3) is 0 Å². The largest absolute Gasteiger partial charge is 0.328 e. The summed E-state index contributed by atoms with van der Waals surface area (Å²) in [6.07, 6.45) is 0. The van der Waals surface area contributed by atoms with E-state index in [0.717, 1.165) is 11.3 Å². The first-order valence-electron chi connectivity index (χ1n) is 5.16. The second kappa shape index (κ2) is 3.97. The third kappa shape index (κ3) is 1.92. The molecule has 17 heavy (non-hydrogen) atoms. The molecule has 1 aromatic rings. The molecular formula is C10H13IN4O2. The topological polar surface area (TPSA) is 78.1 Å². The van der Waals surface area contributed by atoms with Crippen molar-refractivity contribution >= 4 is 38.2 Å². The molecule has 0 saturated carbocycles. The van der Waals surface area contributed by atoms with E-state index < -0.39 is 5.54 Å². The molecule has 6 nitrogen and oxygen atoms in total. The van der Waals surface area contributed by atoms with Gasteiger partial charge in [-0.3, -0.25) is 14.7 Å². The van der Waals surface area contributed by atoms with Crippen LogP contribution in [0.4, 0.5) is 10.6 Å². The smallest absolute Gasteiger partial charge is 0.286 e. The van der Waals surface area contributed by atoms with Crippen molar-refractivity contribution in [2.75, 3.05) is 5.32 Å². The quantitative estimate of drug-likeness (QED) is 0.463. The SMILES string of the molecule is CC(=O)N1Cc2c(NC(=O)I)n[nH]c2C1(C)C. The summed E-state index contributed by atoms with van der Waals surface area (Å²) in [4.78, 5) is 24.3. The zero-order chi connectivity index (χ0) is 12.8. The Morgan fingerprint density at radius 1 is 1.53 bits per heavy atom. The Bertz CT molecular complexity index is 494. The van der Waals surface area contributed by atoms with Crippen molar-refractivity contribution in [3.05, 3.63) is 11.3 Å². The van der Waals surface area contributed by atoms with Gasteiger partial charge < -0.3 is 10.2 Å². The maximum atomic E-state index is 11.6. The lowest BCUT2D eigenvalue weighted by molar-refractivity contribution is -0.134. The number of anilines is 1. The Labute approximate surface area is 112 Å². The minimum atomic E-state index is -0.414. The zero-order valence-electron chi connectivity index (χ0n) is 9.80. The lowest BCUT2D eigenvalue weighted by atomic mass is 10.0. The number of halogens is 1. The summed E-state index contributed by atoms with van der Waals surface area (Å²) >= 11 is 1.65. The van der Waals surface area contributed by atoms with E-state index in [1.807, 2.05) is 13.8 Å². The van der Waals surface area contributed by atoms with Crippen molar-refractivity contribution in [3.63, 3.8) is 0 Å². The molecule has 0 unspecified atom stereocenters. The minimum absolute atomic E-state index is 0.00588. The summed E-state index contributed by atoms with van der Waals surface area (Å²) in [6, 6.07) is 0. The van der Waals surface area contributed by atoms with Crippen molar-refractivity contribution in [1.29, 1.82) is 0 Å². The van der Waals surface area contributed by atoms with Crippen molar-refractivity contribution in [2.24, 2.45) is 0 Å². The Hall–Kier alpha value is -1.12. The van der Waals surface area contributed by atoms with Crippen molar-refractivity contribution in [1.82, 2.24) is 15.1 Å². The highest BCUT2D eigenvalue weighted by molar-refractivity contribution is 14.1. The Morgan fingerprint density at radius 3 is 2.71 bits per heavy atom. The number of carbonyl (C=O) groups excluding carboxylic acids is 2. The molecule has 0 atom stereocenters. The van der Waals surface area contributed by atoms with Crippen LogP contribution >= 0.6 is 22.6 Å². The highest BCUT2D eigenvalue weighted by Crippen LogP contribution is 2.40. The molecule has 1 aromatic heterocycles. The van der Waals surface area contributed by atoms with Crippen molar-refractivity contribution < 1.29 is 9.59 Å². The van der Waals surface area contributed by atoms with Gasteiger partial charge in [0.1, 0.15) is 0 Å². The highest BCUT2D eigenvalue weighted by atomic mass is 127. The number of fused-ring (bicyclic) bond motifs is 1. The summed E-state index contributed by atoms with van der Waals surface area (Å²) in [5.74, 6) is 0.516. The first-order valence-corrected chi connectivity index (χ1v) is 6.24. The summed E-state index contributed by atoms with van der Waals surface area (Å²) in [5, 5.41) is 9.62. The van der Waals surface area contributed by atoms with Gasteiger partial charge in [-0.05, 0) is 13.8 Å². The van der Waals surface area contributed by atoms with E-state index in [4.69, 9.17) is 0 Å². The number of H-pyrrole nitrogens is 1. The molecule has 92 valence electrons. The van der Waals surface area contributed by atoms with Crippen LogP contribution in [0.2, 0.25) is 0 Å². The second-order valence-corrected chi connectivity index (χ2v) is 5.47. The average Bonchev–Trinajstić information content (AvgIpc) is 2.66. The number of hydrogen-bond acceptors (Lipinski definition) is 3. The molecule has 2 amide bonds. The van der Waals surface area contributed by atoms with Gasteiger partial charge in [-0.15, -0.1) is 0 Å². The number of aromatic nitrogens is 2. The number of amides is 2. The lowest BCUT2D eigenvalue weighted by Gasteiger charge is -2.30. The second-order valence-electron chi connectivity index (χ2n) is 4.49. The van der Waals surface area contributed by atoms with Crippen LogP contribution in [-0.2, 0) is 16.9 Å². The van der Waals surface area contributed by atoms with Crippen LogP contribution in [0.15, 0.2) is 0 Å². The van der Waals surface area contributed by atoms with Gasteiger partial charge in [0.05, 0.1) is 17.8 Å². The first-order chi connectivity index (χ1) is 7.84. The summed E-state index contributed by atoms with van der Waals surface area (Å²) in [5.41, 5.74) is 1.35. The fourth-order valence-corrected chi connectivity index (χ4v) is 2.47. The van der Waals surface area contributed by atoms with Gasteiger partial charge in [0.15, 0.2) is 5.82 Å². The van der Waals surface area contributed by atoms with Gasteiger partial charge in [-0.25, -0.2) is 0 Å². The number of nitrogens with zero attached hydrogens (tertiary/aromatic N) is 2. The van der Waals surface area contributed by atoms with E-state index in [2.05, 4.69) is 15.5 Å². The van der Waals surface area contributed by atoms with Gasteiger partial charge in [-0.2, -0.15) is 5.10 Å². The molecule has 7 heteroatoms. The molecule has 2 heterocycles. The van der Waals surface area contributed by atoms with E-state index in [-0.39, 0.29) is 9.82 Å². The highest BCUT2D eigenvalue weighted by Gasteiger charge is 2.42. The number of rotatable bonds is 1. The third-order valence-corrected chi connectivity index (χ3v) is 3.34. The van der Waals surface area contributed by atoms with Crippen LogP contribution in [0.1, 0.15) is 32.0 Å². The average molecular weight is 348 g/mol. The fourth-order valence-electron chi connectivity index (χ4n) is 2.22. The summed E-state index contributed by atoms with van der Waals surface area (Å²) in [6.45, 7) is 5.92. The van der Waals surface area contributed by atoms with Gasteiger partial charge in [0.25, 0.3) is 3.91 Å². The standard InChI is InChI=1S/C10H13IN4O2/c1-5(16)15-4-6-7(10(15,2)3)13-14-8(6)12-9(11)17/h4H2,1-3H3,(H2,12,13,14,17). The molecule has 0 spiro atoms. The summed E-state index contributed by atoms with van der Waals surface area (Å²) < 4.78 is -0.198. The van der Waals surface area contributed by atoms with Crippen LogP contribution in [0.5, 0.6) is 0 Å². The molecule has 1 aliphatic rings. The molecule has 2 rings (SSSR count). The van der Waals surface area contributed by atoms with Crippen molar-refractivity contribution in [2.45, 2.75) is 32.9 Å². The van der Waals surface area contributed by atoms with Crippen LogP contribution in [0.3, 0.4) is 0 Å². The van der Waals surface area contributed by atoms with Gasteiger partial charge >= 0.3 is 0 Å². The van der Waals surface area contributed by atoms with E-state index in [1.165, 1.54) is 6.92 Å². The molecule has 2 N–H and O–H groups in total. The predicted octanol–water partition coefficient (Wildman–Crippen LogP) is 1.97. The molecular weight excluding hydrogens is 335 g/mol. The summed E-state index contributed by atoms with van der Waals surface area (Å²) in [7, 11) is 0. The molecule has 0 saturated heterocycles. The number of aromatic amines is 1. The molecule has 0 aromatic carbocycles. The molecule has 0 bridgehead atoms. The maximum absolute atomic E-state index is 11.6. The lowest BCUT2D eigenvalue weighted by Crippen LogP contribution is -2.39. The zero-order valence-corrected chi connectivity index (χ0v) is 12.0. The Kier molecular flexibility index (Phi) is 2.88. The van der Waals surface area contributed by atoms with Gasteiger partial charge in [0, 0.05) is 35.1 Å². The van der Waals surface area contributed by atoms with Gasteiger partial charge in [0.2, 0.25) is 5.91 Å². The number of hydrogen-bond donors (Lipinski definition) is 2. The molecule has 0 fully saturated rings. The Balaban J connectivity index is 2.40.